The second-order valence-electron chi connectivity index (χ2n) is 3.75. The van der Waals surface area contributed by atoms with Crippen molar-refractivity contribution in [3.05, 3.63) is 28.3 Å². The number of methoxy groups -OCH3 is 1. The maximum absolute atomic E-state index is 10.0. The predicted molar refractivity (Wildman–Crippen MR) is 66.2 cm³/mol. The Kier molecular flexibility index (Phi) is 5.06. The van der Waals surface area contributed by atoms with E-state index >= 15 is 0 Å². The molecule has 1 aromatic carbocycles. The fraction of sp³-hybridized carbons (Fsp3) is 0.500. The van der Waals surface area contributed by atoms with Gasteiger partial charge in [0.15, 0.2) is 0 Å². The van der Waals surface area contributed by atoms with Crippen LogP contribution in [0.15, 0.2) is 12.1 Å². The SMILES string of the molecule is CNCCC(O)c1cc(Cl)cc(C)c1OC. The molecule has 1 aromatic rings. The predicted octanol–water partition coefficient (Wildman–Crippen LogP) is 2.30. The summed E-state index contributed by atoms with van der Waals surface area (Å²) in [6, 6.07) is 3.59. The third-order valence-electron chi connectivity index (χ3n) is 2.50. The van der Waals surface area contributed by atoms with Crippen molar-refractivity contribution in [2.75, 3.05) is 20.7 Å². The molecule has 4 heteroatoms. The summed E-state index contributed by atoms with van der Waals surface area (Å²) in [6.07, 6.45) is 0.0758. The van der Waals surface area contributed by atoms with Gasteiger partial charge < -0.3 is 15.2 Å². The zero-order valence-corrected chi connectivity index (χ0v) is 10.6. The van der Waals surface area contributed by atoms with E-state index in [9.17, 15) is 5.11 Å². The molecule has 0 aliphatic rings. The maximum Gasteiger partial charge on any atom is 0.127 e. The minimum absolute atomic E-state index is 0.556. The highest BCUT2D eigenvalue weighted by Crippen LogP contribution is 2.33. The second-order valence-corrected chi connectivity index (χ2v) is 4.19. The molecular formula is C12H18ClNO2. The Morgan fingerprint density at radius 2 is 2.19 bits per heavy atom. The van der Waals surface area contributed by atoms with Gasteiger partial charge in [-0.1, -0.05) is 11.6 Å². The fourth-order valence-electron chi connectivity index (χ4n) is 1.72. The van der Waals surface area contributed by atoms with Crippen LogP contribution in [0.4, 0.5) is 0 Å². The van der Waals surface area contributed by atoms with Crippen LogP contribution in [-0.2, 0) is 0 Å². The lowest BCUT2D eigenvalue weighted by atomic mass is 10.0. The van der Waals surface area contributed by atoms with Gasteiger partial charge in [0.05, 0.1) is 13.2 Å². The first-order chi connectivity index (χ1) is 7.60. The summed E-state index contributed by atoms with van der Waals surface area (Å²) in [5.74, 6) is 0.716. The average molecular weight is 244 g/mol. The number of hydrogen-bond acceptors (Lipinski definition) is 3. The Morgan fingerprint density at radius 3 is 2.75 bits per heavy atom. The standard InChI is InChI=1S/C12H18ClNO2/c1-8-6-9(13)7-10(12(8)16-3)11(15)4-5-14-2/h6-7,11,14-15H,4-5H2,1-3H3. The molecule has 0 aliphatic heterocycles. The Hall–Kier alpha value is -0.770. The van der Waals surface area contributed by atoms with E-state index in [0.29, 0.717) is 17.2 Å². The Labute approximate surface area is 101 Å². The van der Waals surface area contributed by atoms with Crippen LogP contribution in [0.2, 0.25) is 5.02 Å². The van der Waals surface area contributed by atoms with Crippen molar-refractivity contribution < 1.29 is 9.84 Å². The van der Waals surface area contributed by atoms with Crippen molar-refractivity contribution >= 4 is 11.6 Å². The summed E-state index contributed by atoms with van der Waals surface area (Å²) in [5.41, 5.74) is 1.69. The highest BCUT2D eigenvalue weighted by Gasteiger charge is 2.15. The molecule has 1 atom stereocenters. The Balaban J connectivity index is 3.00. The number of aryl methyl sites for hydroxylation is 1. The van der Waals surface area contributed by atoms with Crippen molar-refractivity contribution in [3.63, 3.8) is 0 Å². The molecule has 3 nitrogen and oxygen atoms in total. The number of aliphatic hydroxyl groups is 1. The minimum Gasteiger partial charge on any atom is -0.496 e. The number of hydrogen-bond donors (Lipinski definition) is 2. The summed E-state index contributed by atoms with van der Waals surface area (Å²) in [5, 5.41) is 13.7. The van der Waals surface area contributed by atoms with Gasteiger partial charge in [-0.15, -0.1) is 0 Å². The molecular weight excluding hydrogens is 226 g/mol. The van der Waals surface area contributed by atoms with E-state index < -0.39 is 6.10 Å². The van der Waals surface area contributed by atoms with E-state index in [0.717, 1.165) is 17.7 Å². The molecule has 0 aromatic heterocycles. The first kappa shape index (κ1) is 13.3. The fourth-order valence-corrected chi connectivity index (χ4v) is 2.00. The molecule has 0 heterocycles. The first-order valence-electron chi connectivity index (χ1n) is 5.26. The molecule has 0 aliphatic carbocycles. The molecule has 0 saturated heterocycles. The largest absolute Gasteiger partial charge is 0.496 e. The van der Waals surface area contributed by atoms with E-state index in [1.165, 1.54) is 0 Å². The lowest BCUT2D eigenvalue weighted by Crippen LogP contribution is -2.12. The van der Waals surface area contributed by atoms with E-state index in [4.69, 9.17) is 16.3 Å². The molecule has 90 valence electrons. The Morgan fingerprint density at radius 1 is 1.50 bits per heavy atom. The van der Waals surface area contributed by atoms with E-state index in [1.54, 1.807) is 13.2 Å². The third-order valence-corrected chi connectivity index (χ3v) is 2.72. The number of halogens is 1. The smallest absolute Gasteiger partial charge is 0.127 e. The number of aliphatic hydroxyl groups excluding tert-OH is 1. The molecule has 2 N–H and O–H groups in total. The summed E-state index contributed by atoms with van der Waals surface area (Å²) >= 11 is 5.97. The van der Waals surface area contributed by atoms with Crippen molar-refractivity contribution in [2.45, 2.75) is 19.4 Å². The van der Waals surface area contributed by atoms with Crippen molar-refractivity contribution in [3.8, 4) is 5.75 Å². The van der Waals surface area contributed by atoms with Gasteiger partial charge in [-0.2, -0.15) is 0 Å². The molecule has 0 saturated carbocycles. The van der Waals surface area contributed by atoms with Gasteiger partial charge in [-0.25, -0.2) is 0 Å². The summed E-state index contributed by atoms with van der Waals surface area (Å²) < 4.78 is 5.29. The average Bonchev–Trinajstić information content (AvgIpc) is 2.24. The lowest BCUT2D eigenvalue weighted by Gasteiger charge is -2.17. The summed E-state index contributed by atoms with van der Waals surface area (Å²) in [6.45, 7) is 2.66. The van der Waals surface area contributed by atoms with E-state index in [1.807, 2.05) is 20.0 Å². The monoisotopic (exact) mass is 243 g/mol. The van der Waals surface area contributed by atoms with Crippen LogP contribution in [0, 0.1) is 6.92 Å². The highest BCUT2D eigenvalue weighted by molar-refractivity contribution is 6.30. The number of benzene rings is 1. The topological polar surface area (TPSA) is 41.5 Å². The van der Waals surface area contributed by atoms with Gasteiger partial charge >= 0.3 is 0 Å². The van der Waals surface area contributed by atoms with Crippen LogP contribution >= 0.6 is 11.6 Å². The molecule has 16 heavy (non-hydrogen) atoms. The van der Waals surface area contributed by atoms with Crippen LogP contribution in [-0.4, -0.2) is 25.8 Å². The normalized spacial score (nSPS) is 12.6. The molecule has 0 amide bonds. The van der Waals surface area contributed by atoms with Gasteiger partial charge in [0.1, 0.15) is 5.75 Å². The Bertz CT molecular complexity index is 355. The van der Waals surface area contributed by atoms with Crippen LogP contribution in [0.5, 0.6) is 5.75 Å². The van der Waals surface area contributed by atoms with Gasteiger partial charge in [0, 0.05) is 10.6 Å². The molecule has 1 unspecified atom stereocenters. The third kappa shape index (κ3) is 3.11. The molecule has 0 radical (unpaired) electrons. The van der Waals surface area contributed by atoms with Crippen LogP contribution < -0.4 is 10.1 Å². The van der Waals surface area contributed by atoms with Gasteiger partial charge in [-0.3, -0.25) is 0 Å². The second kappa shape index (κ2) is 6.09. The van der Waals surface area contributed by atoms with Crippen LogP contribution in [0.25, 0.3) is 0 Å². The van der Waals surface area contributed by atoms with Crippen LogP contribution in [0.3, 0.4) is 0 Å². The van der Waals surface area contributed by atoms with E-state index in [-0.39, 0.29) is 0 Å². The van der Waals surface area contributed by atoms with Crippen LogP contribution in [0.1, 0.15) is 23.7 Å². The molecule has 0 bridgehead atoms. The number of rotatable bonds is 5. The maximum atomic E-state index is 10.0. The molecule has 0 fully saturated rings. The van der Waals surface area contributed by atoms with Gasteiger partial charge in [0.25, 0.3) is 0 Å². The van der Waals surface area contributed by atoms with Crippen molar-refractivity contribution in [1.82, 2.24) is 5.32 Å². The lowest BCUT2D eigenvalue weighted by molar-refractivity contribution is 0.163. The number of nitrogens with one attached hydrogen (secondary N) is 1. The molecule has 0 spiro atoms. The summed E-state index contributed by atoms with van der Waals surface area (Å²) in [4.78, 5) is 0. The van der Waals surface area contributed by atoms with Gasteiger partial charge in [-0.05, 0) is 44.6 Å². The minimum atomic E-state index is -0.556. The number of ether oxygens (including phenoxy) is 1. The first-order valence-corrected chi connectivity index (χ1v) is 5.64. The zero-order valence-electron chi connectivity index (χ0n) is 9.88. The quantitative estimate of drug-likeness (QED) is 0.834. The molecule has 1 rings (SSSR count). The summed E-state index contributed by atoms with van der Waals surface area (Å²) in [7, 11) is 3.46. The van der Waals surface area contributed by atoms with Crippen molar-refractivity contribution in [2.24, 2.45) is 0 Å². The van der Waals surface area contributed by atoms with Gasteiger partial charge in [0.2, 0.25) is 0 Å². The highest BCUT2D eigenvalue weighted by atomic mass is 35.5. The van der Waals surface area contributed by atoms with E-state index in [2.05, 4.69) is 5.32 Å². The van der Waals surface area contributed by atoms with Crippen molar-refractivity contribution in [1.29, 1.82) is 0 Å². The zero-order chi connectivity index (χ0) is 12.1.